The summed E-state index contributed by atoms with van der Waals surface area (Å²) in [7, 11) is 1.63. The van der Waals surface area contributed by atoms with E-state index in [4.69, 9.17) is 9.47 Å². The molecule has 4 heteroatoms. The van der Waals surface area contributed by atoms with E-state index >= 15 is 0 Å². The number of aliphatic hydroxyl groups is 1. The predicted molar refractivity (Wildman–Crippen MR) is 74.4 cm³/mol. The molecule has 1 aliphatic rings. The number of ether oxygens (including phenoxy) is 2. The minimum atomic E-state index is -0.499. The van der Waals surface area contributed by atoms with Gasteiger partial charge in [-0.2, -0.15) is 0 Å². The van der Waals surface area contributed by atoms with Crippen molar-refractivity contribution < 1.29 is 14.6 Å². The fourth-order valence-electron chi connectivity index (χ4n) is 2.35. The van der Waals surface area contributed by atoms with Gasteiger partial charge in [0.2, 0.25) is 0 Å². The second-order valence-electron chi connectivity index (χ2n) is 4.95. The minimum Gasteiger partial charge on any atom is -0.497 e. The first-order valence-electron chi connectivity index (χ1n) is 6.90. The van der Waals surface area contributed by atoms with Crippen molar-refractivity contribution in [3.8, 4) is 5.75 Å². The zero-order valence-electron chi connectivity index (χ0n) is 11.6. The zero-order chi connectivity index (χ0) is 13.7. The van der Waals surface area contributed by atoms with E-state index in [-0.39, 0.29) is 0 Å². The molecule has 106 valence electrons. The minimum absolute atomic E-state index is 0.400. The quantitative estimate of drug-likeness (QED) is 0.790. The van der Waals surface area contributed by atoms with Crippen LogP contribution in [0.5, 0.6) is 5.75 Å². The Hall–Kier alpha value is -1.10. The Kier molecular flexibility index (Phi) is 5.19. The maximum atomic E-state index is 10.1. The van der Waals surface area contributed by atoms with Gasteiger partial charge in [-0.1, -0.05) is 12.1 Å². The first-order chi connectivity index (χ1) is 9.22. The molecular formula is C15H23NO3. The monoisotopic (exact) mass is 265 g/mol. The first kappa shape index (κ1) is 14.3. The topological polar surface area (TPSA) is 50.7 Å². The summed E-state index contributed by atoms with van der Waals surface area (Å²) in [6.07, 6.45) is 1.98. The molecule has 1 unspecified atom stereocenters. The molecule has 1 aliphatic carbocycles. The van der Waals surface area contributed by atoms with E-state index in [1.165, 1.54) is 0 Å². The highest BCUT2D eigenvalue weighted by Gasteiger charge is 2.29. The van der Waals surface area contributed by atoms with Gasteiger partial charge in [0.25, 0.3) is 0 Å². The molecule has 1 fully saturated rings. The van der Waals surface area contributed by atoms with Crippen molar-refractivity contribution in [3.05, 3.63) is 29.8 Å². The fraction of sp³-hybridized carbons (Fsp3) is 0.600. The van der Waals surface area contributed by atoms with Gasteiger partial charge in [0, 0.05) is 19.2 Å². The summed E-state index contributed by atoms with van der Waals surface area (Å²) in [6.45, 7) is 3.37. The van der Waals surface area contributed by atoms with E-state index in [0.717, 1.165) is 30.8 Å². The molecule has 0 bridgehead atoms. The van der Waals surface area contributed by atoms with Gasteiger partial charge >= 0.3 is 0 Å². The number of rotatable bonds is 7. The van der Waals surface area contributed by atoms with Crippen LogP contribution in [0.2, 0.25) is 0 Å². The van der Waals surface area contributed by atoms with Crippen molar-refractivity contribution >= 4 is 0 Å². The van der Waals surface area contributed by atoms with E-state index in [0.29, 0.717) is 18.7 Å². The van der Waals surface area contributed by atoms with Crippen molar-refractivity contribution in [2.75, 3.05) is 20.3 Å². The van der Waals surface area contributed by atoms with Gasteiger partial charge in [-0.25, -0.2) is 0 Å². The van der Waals surface area contributed by atoms with Crippen LogP contribution in [0.15, 0.2) is 24.3 Å². The van der Waals surface area contributed by atoms with E-state index in [1.807, 2.05) is 31.2 Å². The molecule has 1 aromatic carbocycles. The maximum Gasteiger partial charge on any atom is 0.119 e. The molecular weight excluding hydrogens is 242 g/mol. The van der Waals surface area contributed by atoms with Crippen molar-refractivity contribution in [2.45, 2.75) is 38.0 Å². The lowest BCUT2D eigenvalue weighted by atomic mass is 9.89. The second-order valence-corrected chi connectivity index (χ2v) is 4.95. The highest BCUT2D eigenvalue weighted by atomic mass is 16.5. The number of hydrogen-bond donors (Lipinski definition) is 2. The largest absolute Gasteiger partial charge is 0.497 e. The van der Waals surface area contributed by atoms with Crippen LogP contribution in [0.25, 0.3) is 0 Å². The van der Waals surface area contributed by atoms with Crippen molar-refractivity contribution in [1.29, 1.82) is 0 Å². The molecule has 0 spiro atoms. The smallest absolute Gasteiger partial charge is 0.119 e. The van der Waals surface area contributed by atoms with E-state index in [1.54, 1.807) is 7.11 Å². The SMILES string of the molecule is CCOC1CC(NCC(O)c2cccc(OC)c2)C1. The van der Waals surface area contributed by atoms with E-state index < -0.39 is 6.10 Å². The molecule has 2 N–H and O–H groups in total. The van der Waals surface area contributed by atoms with Gasteiger partial charge in [0.15, 0.2) is 0 Å². The van der Waals surface area contributed by atoms with Crippen LogP contribution in [0.1, 0.15) is 31.4 Å². The van der Waals surface area contributed by atoms with Gasteiger partial charge in [-0.05, 0) is 37.5 Å². The molecule has 0 heterocycles. The number of aliphatic hydroxyl groups excluding tert-OH is 1. The molecule has 19 heavy (non-hydrogen) atoms. The Labute approximate surface area is 114 Å². The lowest BCUT2D eigenvalue weighted by Crippen LogP contribution is -2.46. The Morgan fingerprint density at radius 2 is 2.21 bits per heavy atom. The van der Waals surface area contributed by atoms with Crippen molar-refractivity contribution in [1.82, 2.24) is 5.32 Å². The van der Waals surface area contributed by atoms with Crippen LogP contribution < -0.4 is 10.1 Å². The van der Waals surface area contributed by atoms with Crippen LogP contribution in [-0.2, 0) is 4.74 Å². The molecule has 1 saturated carbocycles. The number of nitrogens with one attached hydrogen (secondary N) is 1. The van der Waals surface area contributed by atoms with Crippen LogP contribution in [0, 0.1) is 0 Å². The maximum absolute atomic E-state index is 10.1. The molecule has 2 rings (SSSR count). The summed E-state index contributed by atoms with van der Waals surface area (Å²) in [6, 6.07) is 8.03. The Morgan fingerprint density at radius 3 is 2.89 bits per heavy atom. The van der Waals surface area contributed by atoms with Crippen LogP contribution in [-0.4, -0.2) is 37.5 Å². The average Bonchev–Trinajstić information content (AvgIpc) is 2.41. The normalized spacial score (nSPS) is 23.7. The molecule has 0 amide bonds. The Balaban J connectivity index is 1.74. The van der Waals surface area contributed by atoms with Crippen LogP contribution in [0.4, 0.5) is 0 Å². The average molecular weight is 265 g/mol. The third-order valence-electron chi connectivity index (χ3n) is 3.58. The standard InChI is InChI=1S/C15H23NO3/c1-3-19-14-8-12(9-14)16-10-15(17)11-5-4-6-13(7-11)18-2/h4-7,12,14-17H,3,8-10H2,1-2H3. The summed E-state index contributed by atoms with van der Waals surface area (Å²) in [4.78, 5) is 0. The number of benzene rings is 1. The molecule has 0 aromatic heterocycles. The fourth-order valence-corrected chi connectivity index (χ4v) is 2.35. The van der Waals surface area contributed by atoms with Gasteiger partial charge in [0.1, 0.15) is 5.75 Å². The number of methoxy groups -OCH3 is 1. The second kappa shape index (κ2) is 6.89. The highest BCUT2D eigenvalue weighted by molar-refractivity contribution is 5.29. The Morgan fingerprint density at radius 1 is 1.42 bits per heavy atom. The van der Waals surface area contributed by atoms with Gasteiger partial charge in [-0.15, -0.1) is 0 Å². The van der Waals surface area contributed by atoms with Crippen molar-refractivity contribution in [3.63, 3.8) is 0 Å². The Bertz CT molecular complexity index is 391. The third-order valence-corrected chi connectivity index (χ3v) is 3.58. The van der Waals surface area contributed by atoms with E-state index in [2.05, 4.69) is 5.32 Å². The predicted octanol–water partition coefficient (Wildman–Crippen LogP) is 1.89. The van der Waals surface area contributed by atoms with Gasteiger partial charge < -0.3 is 19.9 Å². The lowest BCUT2D eigenvalue weighted by Gasteiger charge is -2.36. The third kappa shape index (κ3) is 3.93. The summed E-state index contributed by atoms with van der Waals surface area (Å²) in [5.74, 6) is 0.775. The summed E-state index contributed by atoms with van der Waals surface area (Å²) < 4.78 is 10.7. The molecule has 0 radical (unpaired) electrons. The van der Waals surface area contributed by atoms with E-state index in [9.17, 15) is 5.11 Å². The lowest BCUT2D eigenvalue weighted by molar-refractivity contribution is -0.0123. The van der Waals surface area contributed by atoms with Crippen LogP contribution >= 0.6 is 0 Å². The summed E-state index contributed by atoms with van der Waals surface area (Å²) >= 11 is 0. The number of hydrogen-bond acceptors (Lipinski definition) is 4. The molecule has 4 nitrogen and oxygen atoms in total. The zero-order valence-corrected chi connectivity index (χ0v) is 11.6. The molecule has 0 aliphatic heterocycles. The van der Waals surface area contributed by atoms with Gasteiger partial charge in [0.05, 0.1) is 19.3 Å². The summed E-state index contributed by atoms with van der Waals surface area (Å²) in [5.41, 5.74) is 0.882. The summed E-state index contributed by atoms with van der Waals surface area (Å²) in [5, 5.41) is 13.5. The highest BCUT2D eigenvalue weighted by Crippen LogP contribution is 2.24. The van der Waals surface area contributed by atoms with Crippen LogP contribution in [0.3, 0.4) is 0 Å². The first-order valence-corrected chi connectivity index (χ1v) is 6.90. The molecule has 1 aromatic rings. The van der Waals surface area contributed by atoms with Crippen molar-refractivity contribution in [2.24, 2.45) is 0 Å². The molecule has 0 saturated heterocycles. The molecule has 1 atom stereocenters. The van der Waals surface area contributed by atoms with Gasteiger partial charge in [-0.3, -0.25) is 0 Å².